The lowest BCUT2D eigenvalue weighted by molar-refractivity contribution is -0.165. The Bertz CT molecular complexity index is 644. The molecule has 130 valence electrons. The molecule has 8 heteroatoms. The molecule has 1 N–H and O–H groups in total. The number of halogens is 3. The van der Waals surface area contributed by atoms with Crippen molar-refractivity contribution in [1.82, 2.24) is 4.90 Å². The van der Waals surface area contributed by atoms with Gasteiger partial charge in [0.15, 0.2) is 0 Å². The Kier molecular flexibility index (Phi) is 5.48. The number of hydrogen-bond donors (Lipinski definition) is 1. The third-order valence-corrected chi connectivity index (χ3v) is 3.63. The summed E-state index contributed by atoms with van der Waals surface area (Å²) in [5.41, 5.74) is 0.529. The standard InChI is InChI=1S/C16H17F3N2O3/c1-24-12-5-2-4-11(10-12)20-15(23)13-6-3-8-21(13)9-7-14(22)16(17,18)19/h2,4-5,7,9-10,13H,3,6,8H2,1H3,(H,20,23)/b9-7+/t13-/m1/s1. The molecule has 1 fully saturated rings. The largest absolute Gasteiger partial charge is 0.497 e. The molecule has 0 unspecified atom stereocenters. The smallest absolute Gasteiger partial charge is 0.454 e. The summed E-state index contributed by atoms with van der Waals surface area (Å²) >= 11 is 0. The van der Waals surface area contributed by atoms with Gasteiger partial charge in [0.2, 0.25) is 5.91 Å². The Hall–Kier alpha value is -2.51. The van der Waals surface area contributed by atoms with Crippen molar-refractivity contribution in [3.05, 3.63) is 36.5 Å². The van der Waals surface area contributed by atoms with Crippen LogP contribution in [0.2, 0.25) is 0 Å². The lowest BCUT2D eigenvalue weighted by Crippen LogP contribution is -2.36. The molecule has 1 atom stereocenters. The van der Waals surface area contributed by atoms with Crippen LogP contribution in [-0.2, 0) is 9.59 Å². The quantitative estimate of drug-likeness (QED) is 0.836. The molecule has 1 heterocycles. The minimum atomic E-state index is -4.91. The molecule has 24 heavy (non-hydrogen) atoms. The highest BCUT2D eigenvalue weighted by Gasteiger charge is 2.37. The number of ketones is 1. The van der Waals surface area contributed by atoms with Crippen LogP contribution in [0.15, 0.2) is 36.5 Å². The van der Waals surface area contributed by atoms with Crippen LogP contribution in [0.1, 0.15) is 12.8 Å². The van der Waals surface area contributed by atoms with Gasteiger partial charge in [-0.1, -0.05) is 6.07 Å². The Morgan fingerprint density at radius 1 is 1.38 bits per heavy atom. The van der Waals surface area contributed by atoms with Gasteiger partial charge in [0.25, 0.3) is 5.78 Å². The molecule has 0 spiro atoms. The second-order valence-electron chi connectivity index (χ2n) is 5.29. The van der Waals surface area contributed by atoms with E-state index in [2.05, 4.69) is 5.32 Å². The lowest BCUT2D eigenvalue weighted by atomic mass is 10.2. The van der Waals surface area contributed by atoms with Crippen LogP contribution in [0.4, 0.5) is 18.9 Å². The Morgan fingerprint density at radius 3 is 2.79 bits per heavy atom. The van der Waals surface area contributed by atoms with E-state index in [0.717, 1.165) is 6.20 Å². The number of benzene rings is 1. The first-order valence-electron chi connectivity index (χ1n) is 7.31. The van der Waals surface area contributed by atoms with E-state index in [1.807, 2.05) is 0 Å². The molecule has 1 aliphatic heterocycles. The van der Waals surface area contributed by atoms with Crippen LogP contribution >= 0.6 is 0 Å². The fourth-order valence-electron chi connectivity index (χ4n) is 2.43. The predicted octanol–water partition coefficient (Wildman–Crippen LogP) is 2.74. The van der Waals surface area contributed by atoms with Crippen LogP contribution in [0.25, 0.3) is 0 Å². The number of hydrogen-bond acceptors (Lipinski definition) is 4. The molecule has 1 aromatic rings. The van der Waals surface area contributed by atoms with E-state index in [1.54, 1.807) is 24.3 Å². The minimum Gasteiger partial charge on any atom is -0.497 e. The SMILES string of the molecule is COc1cccc(NC(=O)[C@H]2CCCN2/C=C/C(=O)C(F)(F)F)c1. The van der Waals surface area contributed by atoms with Gasteiger partial charge in [-0.3, -0.25) is 9.59 Å². The van der Waals surface area contributed by atoms with Gasteiger partial charge < -0.3 is 15.0 Å². The summed E-state index contributed by atoms with van der Waals surface area (Å²) in [6, 6.07) is 6.14. The van der Waals surface area contributed by atoms with Gasteiger partial charge in [-0.05, 0) is 25.0 Å². The molecule has 0 aromatic heterocycles. The topological polar surface area (TPSA) is 58.6 Å². The number of carbonyl (C=O) groups is 2. The number of alkyl halides is 3. The van der Waals surface area contributed by atoms with E-state index >= 15 is 0 Å². The van der Waals surface area contributed by atoms with Crippen molar-refractivity contribution in [2.24, 2.45) is 0 Å². The summed E-state index contributed by atoms with van der Waals surface area (Å²) in [5.74, 6) is -1.71. The van der Waals surface area contributed by atoms with Gasteiger partial charge in [-0.2, -0.15) is 13.2 Å². The summed E-state index contributed by atoms with van der Waals surface area (Å²) < 4.78 is 41.7. The summed E-state index contributed by atoms with van der Waals surface area (Å²) in [4.78, 5) is 24.7. The average molecular weight is 342 g/mol. The number of rotatable bonds is 5. The van der Waals surface area contributed by atoms with Gasteiger partial charge in [-0.25, -0.2) is 0 Å². The molecule has 5 nitrogen and oxygen atoms in total. The van der Waals surface area contributed by atoms with Gasteiger partial charge in [-0.15, -0.1) is 0 Å². The van der Waals surface area contributed by atoms with Crippen LogP contribution < -0.4 is 10.1 Å². The van der Waals surface area contributed by atoms with Gasteiger partial charge in [0.05, 0.1) is 7.11 Å². The molecule has 1 amide bonds. The molecule has 0 aliphatic carbocycles. The highest BCUT2D eigenvalue weighted by atomic mass is 19.4. The summed E-state index contributed by atoms with van der Waals surface area (Å²) in [6.45, 7) is 0.415. The van der Waals surface area contributed by atoms with Crippen LogP contribution in [-0.4, -0.2) is 42.5 Å². The average Bonchev–Trinajstić information content (AvgIpc) is 3.00. The van der Waals surface area contributed by atoms with E-state index in [4.69, 9.17) is 4.74 Å². The van der Waals surface area contributed by atoms with Crippen molar-refractivity contribution < 1.29 is 27.5 Å². The highest BCUT2D eigenvalue weighted by molar-refractivity contribution is 5.96. The lowest BCUT2D eigenvalue weighted by Gasteiger charge is -2.22. The van der Waals surface area contributed by atoms with Crippen LogP contribution in [0, 0.1) is 0 Å². The summed E-state index contributed by atoms with van der Waals surface area (Å²) in [7, 11) is 1.50. The summed E-state index contributed by atoms with van der Waals surface area (Å²) in [6.07, 6.45) is -2.26. The molecular weight excluding hydrogens is 325 g/mol. The van der Waals surface area contributed by atoms with E-state index in [-0.39, 0.29) is 5.91 Å². The number of nitrogens with one attached hydrogen (secondary N) is 1. The normalized spacial score (nSPS) is 18.0. The predicted molar refractivity (Wildman–Crippen MR) is 81.6 cm³/mol. The van der Waals surface area contributed by atoms with Crippen molar-refractivity contribution in [3.8, 4) is 5.75 Å². The van der Waals surface area contributed by atoms with Crippen molar-refractivity contribution in [3.63, 3.8) is 0 Å². The molecule has 0 bridgehead atoms. The maximum atomic E-state index is 12.3. The second-order valence-corrected chi connectivity index (χ2v) is 5.29. The Labute approximate surface area is 137 Å². The van der Waals surface area contributed by atoms with E-state index in [0.29, 0.717) is 36.9 Å². The molecule has 1 saturated heterocycles. The highest BCUT2D eigenvalue weighted by Crippen LogP contribution is 2.22. The zero-order valence-electron chi connectivity index (χ0n) is 13.0. The van der Waals surface area contributed by atoms with E-state index in [9.17, 15) is 22.8 Å². The number of nitrogens with zero attached hydrogens (tertiary/aromatic N) is 1. The second kappa shape index (κ2) is 7.37. The van der Waals surface area contributed by atoms with Crippen molar-refractivity contribution in [1.29, 1.82) is 0 Å². The monoisotopic (exact) mass is 342 g/mol. The Morgan fingerprint density at radius 2 is 2.12 bits per heavy atom. The first-order chi connectivity index (χ1) is 11.3. The fourth-order valence-corrected chi connectivity index (χ4v) is 2.43. The third kappa shape index (κ3) is 4.50. The number of amides is 1. The molecular formula is C16H17F3N2O3. The number of allylic oxidation sites excluding steroid dienone is 1. The number of carbonyl (C=O) groups excluding carboxylic acids is 2. The van der Waals surface area contributed by atoms with Crippen LogP contribution in [0.5, 0.6) is 5.75 Å². The zero-order chi connectivity index (χ0) is 17.7. The fraction of sp³-hybridized carbons (Fsp3) is 0.375. The molecule has 0 saturated carbocycles. The van der Waals surface area contributed by atoms with Gasteiger partial charge in [0.1, 0.15) is 11.8 Å². The number of anilines is 1. The summed E-state index contributed by atoms with van der Waals surface area (Å²) in [5, 5.41) is 2.70. The number of likely N-dealkylation sites (tertiary alicyclic amines) is 1. The van der Waals surface area contributed by atoms with E-state index in [1.165, 1.54) is 12.0 Å². The van der Waals surface area contributed by atoms with Crippen molar-refractivity contribution in [2.75, 3.05) is 19.0 Å². The Balaban J connectivity index is 2.02. The first kappa shape index (κ1) is 17.8. The van der Waals surface area contributed by atoms with Gasteiger partial charge in [0, 0.05) is 30.6 Å². The van der Waals surface area contributed by atoms with Crippen LogP contribution in [0.3, 0.4) is 0 Å². The maximum Gasteiger partial charge on any atom is 0.454 e. The van der Waals surface area contributed by atoms with Crippen molar-refractivity contribution >= 4 is 17.4 Å². The third-order valence-electron chi connectivity index (χ3n) is 3.63. The molecule has 1 aliphatic rings. The molecule has 1 aromatic carbocycles. The number of ether oxygens (including phenoxy) is 1. The molecule has 0 radical (unpaired) electrons. The van der Waals surface area contributed by atoms with Gasteiger partial charge >= 0.3 is 6.18 Å². The first-order valence-corrected chi connectivity index (χ1v) is 7.31. The number of methoxy groups -OCH3 is 1. The molecule has 2 rings (SSSR count). The van der Waals surface area contributed by atoms with Crippen molar-refractivity contribution in [2.45, 2.75) is 25.1 Å². The minimum absolute atomic E-state index is 0.343. The van der Waals surface area contributed by atoms with E-state index < -0.39 is 18.0 Å². The maximum absolute atomic E-state index is 12.3. The zero-order valence-corrected chi connectivity index (χ0v) is 13.0.